The summed E-state index contributed by atoms with van der Waals surface area (Å²) in [6.45, 7) is 1.91. The molecule has 0 saturated carbocycles. The first-order chi connectivity index (χ1) is 5.79. The smallest absolute Gasteiger partial charge is 0.0791 e. The van der Waals surface area contributed by atoms with E-state index in [4.69, 9.17) is 0 Å². The van der Waals surface area contributed by atoms with Crippen LogP contribution in [0.25, 0.3) is 5.57 Å². The van der Waals surface area contributed by atoms with Crippen LogP contribution in [0.4, 0.5) is 0 Å². The van der Waals surface area contributed by atoms with E-state index in [0.717, 1.165) is 17.6 Å². The SMILES string of the molecule is Cn1ncc(Br)c1C1=CCNC1. The van der Waals surface area contributed by atoms with Crippen LogP contribution in [0, 0.1) is 0 Å². The zero-order chi connectivity index (χ0) is 8.55. The fraction of sp³-hybridized carbons (Fsp3) is 0.375. The Morgan fingerprint density at radius 1 is 1.67 bits per heavy atom. The van der Waals surface area contributed by atoms with Gasteiger partial charge in [-0.3, -0.25) is 4.68 Å². The molecule has 0 atom stereocenters. The first-order valence-electron chi connectivity index (χ1n) is 3.86. The van der Waals surface area contributed by atoms with Crippen LogP contribution in [0.2, 0.25) is 0 Å². The van der Waals surface area contributed by atoms with Gasteiger partial charge in [0.1, 0.15) is 0 Å². The highest BCUT2D eigenvalue weighted by molar-refractivity contribution is 9.10. The summed E-state index contributed by atoms with van der Waals surface area (Å²) in [5.74, 6) is 0. The zero-order valence-electron chi connectivity index (χ0n) is 6.84. The van der Waals surface area contributed by atoms with Gasteiger partial charge in [0.25, 0.3) is 0 Å². The highest BCUT2D eigenvalue weighted by atomic mass is 79.9. The standard InChI is InChI=1S/C8H10BrN3/c1-12-8(7(9)5-11-12)6-2-3-10-4-6/h2,5,10H,3-4H2,1H3. The Labute approximate surface area is 79.6 Å². The molecule has 0 aromatic carbocycles. The van der Waals surface area contributed by atoms with Gasteiger partial charge >= 0.3 is 0 Å². The van der Waals surface area contributed by atoms with Crippen LogP contribution < -0.4 is 5.32 Å². The number of hydrogen-bond acceptors (Lipinski definition) is 2. The Hall–Kier alpha value is -0.610. The summed E-state index contributed by atoms with van der Waals surface area (Å²) >= 11 is 3.48. The lowest BCUT2D eigenvalue weighted by Crippen LogP contribution is -2.09. The fourth-order valence-electron chi connectivity index (χ4n) is 1.43. The Kier molecular flexibility index (Phi) is 2.02. The molecule has 1 N–H and O–H groups in total. The van der Waals surface area contributed by atoms with Gasteiger partial charge in [-0.25, -0.2) is 0 Å². The molecule has 4 heteroatoms. The second-order valence-corrected chi connectivity index (χ2v) is 3.68. The maximum absolute atomic E-state index is 4.16. The quantitative estimate of drug-likeness (QED) is 0.781. The van der Waals surface area contributed by atoms with Crippen molar-refractivity contribution in [2.45, 2.75) is 0 Å². The van der Waals surface area contributed by atoms with Crippen LogP contribution in [0.15, 0.2) is 16.7 Å². The monoisotopic (exact) mass is 227 g/mol. The maximum atomic E-state index is 4.16. The highest BCUT2D eigenvalue weighted by Crippen LogP contribution is 2.24. The Balaban J connectivity index is 2.44. The molecule has 1 aliphatic heterocycles. The van der Waals surface area contributed by atoms with Gasteiger partial charge < -0.3 is 5.32 Å². The van der Waals surface area contributed by atoms with Crippen LogP contribution >= 0.6 is 15.9 Å². The molecule has 0 fully saturated rings. The summed E-state index contributed by atoms with van der Waals surface area (Å²) in [6.07, 6.45) is 4.02. The second kappa shape index (κ2) is 3.03. The topological polar surface area (TPSA) is 29.9 Å². The lowest BCUT2D eigenvalue weighted by atomic mass is 10.2. The zero-order valence-corrected chi connectivity index (χ0v) is 8.43. The van der Waals surface area contributed by atoms with Crippen LogP contribution in [-0.4, -0.2) is 22.9 Å². The van der Waals surface area contributed by atoms with Crippen molar-refractivity contribution in [2.75, 3.05) is 13.1 Å². The summed E-state index contributed by atoms with van der Waals surface area (Å²) in [4.78, 5) is 0. The molecule has 0 amide bonds. The van der Waals surface area contributed by atoms with Gasteiger partial charge in [0, 0.05) is 20.1 Å². The van der Waals surface area contributed by atoms with Crippen molar-refractivity contribution in [3.05, 3.63) is 22.4 Å². The average Bonchev–Trinajstić information content (AvgIpc) is 2.61. The third-order valence-corrected chi connectivity index (χ3v) is 2.59. The van der Waals surface area contributed by atoms with E-state index in [0.29, 0.717) is 0 Å². The van der Waals surface area contributed by atoms with E-state index in [1.807, 2.05) is 17.9 Å². The fourth-order valence-corrected chi connectivity index (χ4v) is 2.03. The van der Waals surface area contributed by atoms with E-state index in [1.165, 1.54) is 11.3 Å². The first kappa shape index (κ1) is 8.01. The summed E-state index contributed by atoms with van der Waals surface area (Å²) in [6, 6.07) is 0. The van der Waals surface area contributed by atoms with E-state index in [9.17, 15) is 0 Å². The molecule has 0 aliphatic carbocycles. The van der Waals surface area contributed by atoms with Gasteiger partial charge in [-0.05, 0) is 21.5 Å². The third kappa shape index (κ3) is 1.21. The normalized spacial score (nSPS) is 16.7. The number of hydrogen-bond donors (Lipinski definition) is 1. The van der Waals surface area contributed by atoms with Gasteiger partial charge in [-0.15, -0.1) is 0 Å². The van der Waals surface area contributed by atoms with Crippen molar-refractivity contribution in [2.24, 2.45) is 7.05 Å². The van der Waals surface area contributed by atoms with E-state index in [1.54, 1.807) is 0 Å². The number of aromatic nitrogens is 2. The molecular weight excluding hydrogens is 218 g/mol. The minimum atomic E-state index is 0.943. The van der Waals surface area contributed by atoms with Crippen molar-refractivity contribution >= 4 is 21.5 Å². The lowest BCUT2D eigenvalue weighted by Gasteiger charge is -2.02. The lowest BCUT2D eigenvalue weighted by molar-refractivity contribution is 0.752. The van der Waals surface area contributed by atoms with Crippen molar-refractivity contribution < 1.29 is 0 Å². The number of nitrogens with zero attached hydrogens (tertiary/aromatic N) is 2. The van der Waals surface area contributed by atoms with Crippen molar-refractivity contribution in [1.82, 2.24) is 15.1 Å². The molecule has 2 rings (SSSR count). The number of aryl methyl sites for hydroxylation is 1. The average molecular weight is 228 g/mol. The molecule has 1 aromatic heterocycles. The largest absolute Gasteiger partial charge is 0.309 e. The van der Waals surface area contributed by atoms with Crippen molar-refractivity contribution in [1.29, 1.82) is 0 Å². The first-order valence-corrected chi connectivity index (χ1v) is 4.66. The molecule has 12 heavy (non-hydrogen) atoms. The minimum Gasteiger partial charge on any atom is -0.309 e. The molecule has 0 unspecified atom stereocenters. The number of halogens is 1. The van der Waals surface area contributed by atoms with Gasteiger partial charge in [-0.1, -0.05) is 6.08 Å². The Bertz CT molecular complexity index is 308. The molecule has 2 heterocycles. The van der Waals surface area contributed by atoms with Crippen molar-refractivity contribution in [3.63, 3.8) is 0 Å². The van der Waals surface area contributed by atoms with E-state index < -0.39 is 0 Å². The molecule has 0 radical (unpaired) electrons. The van der Waals surface area contributed by atoms with Crippen LogP contribution in [-0.2, 0) is 7.05 Å². The molecule has 0 bridgehead atoms. The molecular formula is C8H10BrN3. The van der Waals surface area contributed by atoms with Gasteiger partial charge in [0.15, 0.2) is 0 Å². The van der Waals surface area contributed by atoms with Crippen LogP contribution in [0.5, 0.6) is 0 Å². The number of nitrogens with one attached hydrogen (secondary N) is 1. The maximum Gasteiger partial charge on any atom is 0.0791 e. The Morgan fingerprint density at radius 2 is 2.50 bits per heavy atom. The van der Waals surface area contributed by atoms with Crippen LogP contribution in [0.1, 0.15) is 5.69 Å². The van der Waals surface area contributed by atoms with E-state index >= 15 is 0 Å². The molecule has 1 aliphatic rings. The number of rotatable bonds is 1. The van der Waals surface area contributed by atoms with Gasteiger partial charge in [0.2, 0.25) is 0 Å². The molecule has 0 saturated heterocycles. The molecule has 1 aromatic rings. The third-order valence-electron chi connectivity index (χ3n) is 2.01. The van der Waals surface area contributed by atoms with Gasteiger partial charge in [0.05, 0.1) is 16.4 Å². The van der Waals surface area contributed by atoms with Crippen molar-refractivity contribution in [3.8, 4) is 0 Å². The predicted octanol–water partition coefficient (Wildman–Crippen LogP) is 1.17. The second-order valence-electron chi connectivity index (χ2n) is 2.82. The summed E-state index contributed by atoms with van der Waals surface area (Å²) in [7, 11) is 1.96. The molecule has 64 valence electrons. The summed E-state index contributed by atoms with van der Waals surface area (Å²) in [5.41, 5.74) is 2.50. The summed E-state index contributed by atoms with van der Waals surface area (Å²) in [5, 5.41) is 7.42. The van der Waals surface area contributed by atoms with E-state index in [2.05, 4.69) is 32.4 Å². The minimum absolute atomic E-state index is 0.943. The summed E-state index contributed by atoms with van der Waals surface area (Å²) < 4.78 is 2.96. The molecule has 0 spiro atoms. The van der Waals surface area contributed by atoms with E-state index in [-0.39, 0.29) is 0 Å². The van der Waals surface area contributed by atoms with Crippen LogP contribution in [0.3, 0.4) is 0 Å². The van der Waals surface area contributed by atoms with Gasteiger partial charge in [-0.2, -0.15) is 5.10 Å². The Morgan fingerprint density at radius 3 is 3.00 bits per heavy atom. The predicted molar refractivity (Wildman–Crippen MR) is 51.8 cm³/mol. The molecule has 3 nitrogen and oxygen atoms in total. The highest BCUT2D eigenvalue weighted by Gasteiger charge is 2.13.